The number of rotatable bonds is 4. The largest absolute Gasteiger partial charge is 0.469 e. The van der Waals surface area contributed by atoms with Crippen molar-refractivity contribution in [3.05, 3.63) is 41.2 Å². The number of carbonyl (C=O) groups excluding carboxylic acids is 2. The molecule has 0 N–H and O–H groups in total. The van der Waals surface area contributed by atoms with Crippen molar-refractivity contribution >= 4 is 11.8 Å². The van der Waals surface area contributed by atoms with E-state index >= 15 is 0 Å². The van der Waals surface area contributed by atoms with Gasteiger partial charge in [0.1, 0.15) is 17.1 Å². The summed E-state index contributed by atoms with van der Waals surface area (Å²) in [6.45, 7) is 4.50. The average molecular weight is 317 g/mol. The van der Waals surface area contributed by atoms with Crippen LogP contribution in [0.15, 0.2) is 27.3 Å². The zero-order valence-electron chi connectivity index (χ0n) is 13.2. The van der Waals surface area contributed by atoms with Crippen molar-refractivity contribution in [2.75, 3.05) is 13.1 Å². The molecule has 2 amide bonds. The number of hydrazine groups is 1. The van der Waals surface area contributed by atoms with Crippen molar-refractivity contribution in [2.45, 2.75) is 33.1 Å². The van der Waals surface area contributed by atoms with E-state index in [0.29, 0.717) is 42.9 Å². The highest BCUT2D eigenvalue weighted by molar-refractivity contribution is 5.97. The minimum atomic E-state index is -0.231. The van der Waals surface area contributed by atoms with Crippen LogP contribution in [0.5, 0.6) is 0 Å². The van der Waals surface area contributed by atoms with E-state index in [1.54, 1.807) is 26.2 Å². The number of nitrogens with zero attached hydrogens (tertiary/aromatic N) is 3. The fourth-order valence-electron chi connectivity index (χ4n) is 2.81. The van der Waals surface area contributed by atoms with Gasteiger partial charge < -0.3 is 8.94 Å². The van der Waals surface area contributed by atoms with E-state index in [-0.39, 0.29) is 11.8 Å². The van der Waals surface area contributed by atoms with Crippen LogP contribution in [-0.2, 0) is 11.2 Å². The Bertz CT molecular complexity index is 685. The van der Waals surface area contributed by atoms with Crippen molar-refractivity contribution in [1.29, 1.82) is 0 Å². The molecule has 1 aliphatic heterocycles. The third kappa shape index (κ3) is 2.99. The van der Waals surface area contributed by atoms with E-state index in [1.165, 1.54) is 10.0 Å². The number of hydrogen-bond donors (Lipinski definition) is 0. The van der Waals surface area contributed by atoms with Crippen LogP contribution in [0.3, 0.4) is 0 Å². The van der Waals surface area contributed by atoms with Crippen LogP contribution in [0.1, 0.15) is 40.4 Å². The number of furan rings is 1. The van der Waals surface area contributed by atoms with Gasteiger partial charge in [0.2, 0.25) is 5.91 Å². The normalized spacial score (nSPS) is 14.5. The van der Waals surface area contributed by atoms with E-state index in [4.69, 9.17) is 8.94 Å². The Morgan fingerprint density at radius 3 is 2.70 bits per heavy atom. The summed E-state index contributed by atoms with van der Waals surface area (Å²) in [5.41, 5.74) is 0.984. The maximum atomic E-state index is 12.7. The summed E-state index contributed by atoms with van der Waals surface area (Å²) in [6.07, 6.45) is 3.18. The smallest absolute Gasteiger partial charge is 0.277 e. The van der Waals surface area contributed by atoms with Crippen molar-refractivity contribution in [2.24, 2.45) is 0 Å². The van der Waals surface area contributed by atoms with Crippen LogP contribution >= 0.6 is 0 Å². The van der Waals surface area contributed by atoms with E-state index in [1.807, 2.05) is 6.07 Å². The first kappa shape index (κ1) is 15.3. The number of amides is 2. The SMILES string of the molecule is Cc1noc(C)c1C(=O)N1CCCN1C(=O)CCc1ccco1. The van der Waals surface area contributed by atoms with Crippen LogP contribution in [0.25, 0.3) is 0 Å². The van der Waals surface area contributed by atoms with Gasteiger partial charge in [0, 0.05) is 25.9 Å². The lowest BCUT2D eigenvalue weighted by Gasteiger charge is -2.27. The lowest BCUT2D eigenvalue weighted by atomic mass is 10.2. The molecule has 122 valence electrons. The molecule has 1 fully saturated rings. The summed E-state index contributed by atoms with van der Waals surface area (Å²) in [6, 6.07) is 3.63. The van der Waals surface area contributed by atoms with Crippen LogP contribution in [0, 0.1) is 13.8 Å². The standard InChI is InChI=1S/C16H19N3O4/c1-11-15(12(2)23-17-11)16(21)19-9-4-8-18(19)14(20)7-6-13-5-3-10-22-13/h3,5,10H,4,6-9H2,1-2H3. The molecule has 0 atom stereocenters. The minimum Gasteiger partial charge on any atom is -0.469 e. The molecule has 3 heterocycles. The molecule has 3 rings (SSSR count). The third-order valence-corrected chi connectivity index (χ3v) is 3.97. The van der Waals surface area contributed by atoms with Gasteiger partial charge in [-0.2, -0.15) is 0 Å². The van der Waals surface area contributed by atoms with Crippen LogP contribution in [0.4, 0.5) is 0 Å². The zero-order chi connectivity index (χ0) is 16.4. The number of carbonyl (C=O) groups is 2. The number of aryl methyl sites for hydroxylation is 3. The molecule has 23 heavy (non-hydrogen) atoms. The summed E-state index contributed by atoms with van der Waals surface area (Å²) in [5, 5.41) is 6.83. The summed E-state index contributed by atoms with van der Waals surface area (Å²) in [4.78, 5) is 25.2. The Morgan fingerprint density at radius 1 is 1.26 bits per heavy atom. The molecule has 7 nitrogen and oxygen atoms in total. The molecule has 0 spiro atoms. The fraction of sp³-hybridized carbons (Fsp3) is 0.438. The summed E-state index contributed by atoms with van der Waals surface area (Å²) < 4.78 is 10.3. The second-order valence-corrected chi connectivity index (χ2v) is 5.58. The molecular weight excluding hydrogens is 298 g/mol. The van der Waals surface area contributed by atoms with Gasteiger partial charge in [0.25, 0.3) is 5.91 Å². The molecule has 2 aromatic heterocycles. The lowest BCUT2D eigenvalue weighted by Crippen LogP contribution is -2.45. The molecule has 0 unspecified atom stereocenters. The maximum absolute atomic E-state index is 12.7. The van der Waals surface area contributed by atoms with Gasteiger partial charge in [-0.3, -0.25) is 14.6 Å². The highest BCUT2D eigenvalue weighted by Gasteiger charge is 2.33. The lowest BCUT2D eigenvalue weighted by molar-refractivity contribution is -0.140. The molecule has 7 heteroatoms. The van der Waals surface area contributed by atoms with Crippen LogP contribution in [-0.4, -0.2) is 40.1 Å². The average Bonchev–Trinajstić information content (AvgIpc) is 3.25. The first-order valence-electron chi connectivity index (χ1n) is 7.65. The van der Waals surface area contributed by atoms with Crippen LogP contribution in [0.2, 0.25) is 0 Å². The van der Waals surface area contributed by atoms with Crippen molar-refractivity contribution in [3.8, 4) is 0 Å². The Balaban J connectivity index is 1.70. The summed E-state index contributed by atoms with van der Waals surface area (Å²) >= 11 is 0. The fourth-order valence-corrected chi connectivity index (χ4v) is 2.81. The van der Waals surface area contributed by atoms with E-state index in [0.717, 1.165) is 12.2 Å². The highest BCUT2D eigenvalue weighted by atomic mass is 16.5. The van der Waals surface area contributed by atoms with Gasteiger partial charge in [-0.25, -0.2) is 5.01 Å². The number of aromatic nitrogens is 1. The van der Waals surface area contributed by atoms with Gasteiger partial charge in [0.05, 0.1) is 12.0 Å². The number of hydrogen-bond acceptors (Lipinski definition) is 5. The Morgan fingerprint density at radius 2 is 2.04 bits per heavy atom. The molecule has 0 aromatic carbocycles. The second-order valence-electron chi connectivity index (χ2n) is 5.58. The van der Waals surface area contributed by atoms with Crippen molar-refractivity contribution < 1.29 is 18.5 Å². The zero-order valence-corrected chi connectivity index (χ0v) is 13.2. The van der Waals surface area contributed by atoms with Gasteiger partial charge >= 0.3 is 0 Å². The van der Waals surface area contributed by atoms with E-state index in [9.17, 15) is 9.59 Å². The molecule has 2 aromatic rings. The topological polar surface area (TPSA) is 79.8 Å². The van der Waals surface area contributed by atoms with Gasteiger partial charge in [-0.15, -0.1) is 0 Å². The first-order chi connectivity index (χ1) is 11.1. The molecular formula is C16H19N3O4. The van der Waals surface area contributed by atoms with Crippen molar-refractivity contribution in [3.63, 3.8) is 0 Å². The Kier molecular flexibility index (Phi) is 4.18. The Hall–Kier alpha value is -2.57. The van der Waals surface area contributed by atoms with Crippen molar-refractivity contribution in [1.82, 2.24) is 15.2 Å². The van der Waals surface area contributed by atoms with Gasteiger partial charge in [0.15, 0.2) is 0 Å². The Labute approximate surface area is 133 Å². The quantitative estimate of drug-likeness (QED) is 0.863. The highest BCUT2D eigenvalue weighted by Crippen LogP contribution is 2.21. The van der Waals surface area contributed by atoms with Crippen LogP contribution < -0.4 is 0 Å². The minimum absolute atomic E-state index is 0.0842. The second kappa shape index (κ2) is 6.28. The molecule has 0 radical (unpaired) electrons. The van der Waals surface area contributed by atoms with Gasteiger partial charge in [-0.05, 0) is 32.4 Å². The maximum Gasteiger partial charge on any atom is 0.277 e. The first-order valence-corrected chi connectivity index (χ1v) is 7.65. The molecule has 1 aliphatic rings. The monoisotopic (exact) mass is 317 g/mol. The van der Waals surface area contributed by atoms with Gasteiger partial charge in [-0.1, -0.05) is 5.16 Å². The van der Waals surface area contributed by atoms with E-state index < -0.39 is 0 Å². The summed E-state index contributed by atoms with van der Waals surface area (Å²) in [5.74, 6) is 0.924. The predicted molar refractivity (Wildman–Crippen MR) is 80.4 cm³/mol. The third-order valence-electron chi connectivity index (χ3n) is 3.97. The molecule has 0 bridgehead atoms. The molecule has 0 saturated carbocycles. The molecule has 1 saturated heterocycles. The molecule has 0 aliphatic carbocycles. The summed E-state index contributed by atoms with van der Waals surface area (Å²) in [7, 11) is 0. The predicted octanol–water partition coefficient (Wildman–Crippen LogP) is 2.11. The van der Waals surface area contributed by atoms with E-state index in [2.05, 4.69) is 5.16 Å².